The van der Waals surface area contributed by atoms with E-state index in [2.05, 4.69) is 10.3 Å². The predicted molar refractivity (Wildman–Crippen MR) is 79.9 cm³/mol. The molecule has 1 N–H and O–H groups in total. The second-order valence-corrected chi connectivity index (χ2v) is 6.35. The summed E-state index contributed by atoms with van der Waals surface area (Å²) in [6.45, 7) is 2.05. The summed E-state index contributed by atoms with van der Waals surface area (Å²) in [5.41, 5.74) is -0.740. The first-order chi connectivity index (χ1) is 10.9. The highest BCUT2D eigenvalue weighted by molar-refractivity contribution is 5.79. The first kappa shape index (κ1) is 16.1. The normalized spacial score (nSPS) is 19.7. The monoisotopic (exact) mass is 327 g/mol. The average molecular weight is 327 g/mol. The van der Waals surface area contributed by atoms with Crippen molar-refractivity contribution in [3.63, 3.8) is 0 Å². The van der Waals surface area contributed by atoms with Gasteiger partial charge in [-0.05, 0) is 43.7 Å². The minimum Gasteiger partial charge on any atom is -0.357 e. The number of amides is 1. The van der Waals surface area contributed by atoms with Gasteiger partial charge in [0.1, 0.15) is 5.82 Å². The van der Waals surface area contributed by atoms with Crippen LogP contribution in [0.15, 0.2) is 18.3 Å². The third kappa shape index (κ3) is 4.14. The van der Waals surface area contributed by atoms with Crippen LogP contribution in [0.3, 0.4) is 0 Å². The number of anilines is 1. The molecule has 1 saturated carbocycles. The third-order valence-electron chi connectivity index (χ3n) is 4.53. The topological polar surface area (TPSA) is 45.2 Å². The summed E-state index contributed by atoms with van der Waals surface area (Å²) in [5, 5.41) is 2.99. The lowest BCUT2D eigenvalue weighted by molar-refractivity contribution is -0.137. The Morgan fingerprint density at radius 3 is 2.43 bits per heavy atom. The van der Waals surface area contributed by atoms with Crippen LogP contribution < -0.4 is 10.2 Å². The van der Waals surface area contributed by atoms with E-state index in [1.807, 2.05) is 4.90 Å². The SMILES string of the molecule is O=C(NCC1CC1)C1CCN(c2ccc(C(F)(F)F)cn2)CC1. The van der Waals surface area contributed by atoms with Crippen LogP contribution in [0.1, 0.15) is 31.2 Å². The summed E-state index contributed by atoms with van der Waals surface area (Å²) in [5.74, 6) is 1.31. The molecular weight excluding hydrogens is 307 g/mol. The van der Waals surface area contributed by atoms with E-state index in [0.29, 0.717) is 37.7 Å². The van der Waals surface area contributed by atoms with Gasteiger partial charge < -0.3 is 10.2 Å². The first-order valence-electron chi connectivity index (χ1n) is 7.99. The summed E-state index contributed by atoms with van der Waals surface area (Å²) < 4.78 is 37.6. The number of pyridine rings is 1. The molecule has 126 valence electrons. The minimum atomic E-state index is -4.36. The third-order valence-corrected chi connectivity index (χ3v) is 4.53. The predicted octanol–water partition coefficient (Wildman–Crippen LogP) is 2.84. The lowest BCUT2D eigenvalue weighted by Gasteiger charge is -2.32. The van der Waals surface area contributed by atoms with Crippen molar-refractivity contribution in [3.8, 4) is 0 Å². The summed E-state index contributed by atoms with van der Waals surface area (Å²) in [7, 11) is 0. The van der Waals surface area contributed by atoms with E-state index in [1.165, 1.54) is 18.9 Å². The number of nitrogens with one attached hydrogen (secondary N) is 1. The molecule has 1 aliphatic heterocycles. The maximum atomic E-state index is 12.5. The lowest BCUT2D eigenvalue weighted by Crippen LogP contribution is -2.41. The Balaban J connectivity index is 1.50. The van der Waals surface area contributed by atoms with Gasteiger partial charge in [-0.25, -0.2) is 4.98 Å². The number of carbonyl (C=O) groups excluding carboxylic acids is 1. The molecule has 1 saturated heterocycles. The van der Waals surface area contributed by atoms with Crippen LogP contribution in [0.25, 0.3) is 0 Å². The zero-order valence-electron chi connectivity index (χ0n) is 12.8. The van der Waals surface area contributed by atoms with Crippen molar-refractivity contribution in [1.29, 1.82) is 0 Å². The fraction of sp³-hybridized carbons (Fsp3) is 0.625. The zero-order valence-corrected chi connectivity index (χ0v) is 12.8. The molecule has 2 heterocycles. The molecule has 0 bridgehead atoms. The molecule has 2 fully saturated rings. The number of aromatic nitrogens is 1. The number of rotatable bonds is 4. The Labute approximate surface area is 133 Å². The van der Waals surface area contributed by atoms with Crippen molar-refractivity contribution in [2.75, 3.05) is 24.5 Å². The fourth-order valence-corrected chi connectivity index (χ4v) is 2.82. The number of nitrogens with zero attached hydrogens (tertiary/aromatic N) is 2. The van der Waals surface area contributed by atoms with Gasteiger partial charge in [0.15, 0.2) is 0 Å². The number of carbonyl (C=O) groups is 1. The molecule has 7 heteroatoms. The van der Waals surface area contributed by atoms with Crippen molar-refractivity contribution < 1.29 is 18.0 Å². The Kier molecular flexibility index (Phi) is 4.46. The lowest BCUT2D eigenvalue weighted by atomic mass is 9.96. The van der Waals surface area contributed by atoms with E-state index in [-0.39, 0.29) is 11.8 Å². The van der Waals surface area contributed by atoms with E-state index in [9.17, 15) is 18.0 Å². The molecule has 0 unspecified atom stereocenters. The number of alkyl halides is 3. The van der Waals surface area contributed by atoms with Crippen LogP contribution in [0.2, 0.25) is 0 Å². The van der Waals surface area contributed by atoms with Gasteiger partial charge in [-0.1, -0.05) is 0 Å². The van der Waals surface area contributed by atoms with Crippen LogP contribution in [0.5, 0.6) is 0 Å². The van der Waals surface area contributed by atoms with Crippen molar-refractivity contribution in [1.82, 2.24) is 10.3 Å². The molecule has 4 nitrogen and oxygen atoms in total. The summed E-state index contributed by atoms with van der Waals surface area (Å²) in [4.78, 5) is 17.9. The molecule has 1 aliphatic carbocycles. The average Bonchev–Trinajstić information content (AvgIpc) is 3.36. The number of piperidine rings is 1. The molecule has 1 aromatic heterocycles. The highest BCUT2D eigenvalue weighted by Crippen LogP contribution is 2.30. The molecule has 0 aromatic carbocycles. The molecule has 1 aromatic rings. The molecule has 2 aliphatic rings. The highest BCUT2D eigenvalue weighted by atomic mass is 19.4. The van der Waals surface area contributed by atoms with Crippen LogP contribution in [-0.4, -0.2) is 30.5 Å². The van der Waals surface area contributed by atoms with Crippen molar-refractivity contribution in [2.24, 2.45) is 11.8 Å². The summed E-state index contributed by atoms with van der Waals surface area (Å²) in [6, 6.07) is 2.45. The molecule has 0 atom stereocenters. The second kappa shape index (κ2) is 6.37. The number of hydrogen-bond acceptors (Lipinski definition) is 3. The molecule has 0 spiro atoms. The Morgan fingerprint density at radius 2 is 1.91 bits per heavy atom. The fourth-order valence-electron chi connectivity index (χ4n) is 2.82. The number of halogens is 3. The van der Waals surface area contributed by atoms with Crippen LogP contribution in [0.4, 0.5) is 19.0 Å². The van der Waals surface area contributed by atoms with E-state index < -0.39 is 11.7 Å². The molecular formula is C16H20F3N3O. The van der Waals surface area contributed by atoms with Crippen LogP contribution >= 0.6 is 0 Å². The van der Waals surface area contributed by atoms with Crippen molar-refractivity contribution in [3.05, 3.63) is 23.9 Å². The van der Waals surface area contributed by atoms with Gasteiger partial charge in [0, 0.05) is 31.7 Å². The highest BCUT2D eigenvalue weighted by Gasteiger charge is 2.31. The summed E-state index contributed by atoms with van der Waals surface area (Å²) >= 11 is 0. The largest absolute Gasteiger partial charge is 0.417 e. The van der Waals surface area contributed by atoms with E-state index in [4.69, 9.17) is 0 Å². The maximum Gasteiger partial charge on any atom is 0.417 e. The van der Waals surface area contributed by atoms with Gasteiger partial charge in [-0.2, -0.15) is 13.2 Å². The van der Waals surface area contributed by atoms with Crippen molar-refractivity contribution in [2.45, 2.75) is 31.9 Å². The number of hydrogen-bond donors (Lipinski definition) is 1. The van der Waals surface area contributed by atoms with Crippen LogP contribution in [-0.2, 0) is 11.0 Å². The van der Waals surface area contributed by atoms with Crippen molar-refractivity contribution >= 4 is 11.7 Å². The Bertz CT molecular complexity index is 547. The molecule has 23 heavy (non-hydrogen) atoms. The summed E-state index contributed by atoms with van der Waals surface area (Å²) in [6.07, 6.45) is 0.330. The van der Waals surface area contributed by atoms with Gasteiger partial charge in [0.05, 0.1) is 5.56 Å². The Morgan fingerprint density at radius 1 is 1.22 bits per heavy atom. The van der Waals surface area contributed by atoms with Gasteiger partial charge in [0.25, 0.3) is 0 Å². The Hall–Kier alpha value is -1.79. The maximum absolute atomic E-state index is 12.5. The van der Waals surface area contributed by atoms with E-state index in [0.717, 1.165) is 18.8 Å². The quantitative estimate of drug-likeness (QED) is 0.925. The zero-order chi connectivity index (χ0) is 16.4. The smallest absolute Gasteiger partial charge is 0.357 e. The second-order valence-electron chi connectivity index (χ2n) is 6.35. The van der Waals surface area contributed by atoms with Gasteiger partial charge >= 0.3 is 6.18 Å². The van der Waals surface area contributed by atoms with Crippen LogP contribution in [0, 0.1) is 11.8 Å². The van der Waals surface area contributed by atoms with E-state index >= 15 is 0 Å². The molecule has 0 radical (unpaired) electrons. The molecule has 3 rings (SSSR count). The van der Waals surface area contributed by atoms with Gasteiger partial charge in [-0.15, -0.1) is 0 Å². The van der Waals surface area contributed by atoms with E-state index in [1.54, 1.807) is 0 Å². The van der Waals surface area contributed by atoms with Gasteiger partial charge in [0.2, 0.25) is 5.91 Å². The minimum absolute atomic E-state index is 0.000511. The molecule has 1 amide bonds. The standard InChI is InChI=1S/C16H20F3N3O/c17-16(18,19)13-3-4-14(20-10-13)22-7-5-12(6-8-22)15(23)21-9-11-1-2-11/h3-4,10-12H,1-2,5-9H2,(H,21,23). The first-order valence-corrected chi connectivity index (χ1v) is 7.99. The van der Waals surface area contributed by atoms with Gasteiger partial charge in [-0.3, -0.25) is 4.79 Å².